The second-order valence-electron chi connectivity index (χ2n) is 4.36. The second-order valence-corrected chi connectivity index (χ2v) is 5.66. The summed E-state index contributed by atoms with van der Waals surface area (Å²) in [6, 6.07) is 8.25. The lowest BCUT2D eigenvalue weighted by atomic mass is 9.99. The van der Waals surface area contributed by atoms with Gasteiger partial charge in [0.15, 0.2) is 0 Å². The number of hydrogen-bond donors (Lipinski definition) is 0. The number of alkyl halides is 1. The van der Waals surface area contributed by atoms with Gasteiger partial charge < -0.3 is 4.74 Å². The van der Waals surface area contributed by atoms with Crippen molar-refractivity contribution in [2.75, 3.05) is 7.11 Å². The van der Waals surface area contributed by atoms with Crippen molar-refractivity contribution in [3.05, 3.63) is 29.8 Å². The highest BCUT2D eigenvalue weighted by atomic mass is 79.9. The largest absolute Gasteiger partial charge is 0.496 e. The molecule has 0 N–H and O–H groups in total. The molecule has 0 saturated heterocycles. The third-order valence-electron chi connectivity index (χ3n) is 2.99. The first kappa shape index (κ1) is 13.6. The molecule has 90 valence electrons. The van der Waals surface area contributed by atoms with Crippen LogP contribution in [0.15, 0.2) is 24.3 Å². The third kappa shape index (κ3) is 4.17. The zero-order valence-corrected chi connectivity index (χ0v) is 12.0. The zero-order valence-electron chi connectivity index (χ0n) is 10.4. The normalized spacial score (nSPS) is 14.5. The Labute approximate surface area is 107 Å². The highest BCUT2D eigenvalue weighted by molar-refractivity contribution is 9.09. The van der Waals surface area contributed by atoms with Crippen molar-refractivity contribution in [1.29, 1.82) is 0 Å². The number of benzene rings is 1. The number of hydrogen-bond acceptors (Lipinski definition) is 1. The molecule has 0 heterocycles. The fourth-order valence-corrected chi connectivity index (χ4v) is 2.78. The van der Waals surface area contributed by atoms with E-state index in [4.69, 9.17) is 4.74 Å². The molecule has 0 radical (unpaired) electrons. The van der Waals surface area contributed by atoms with E-state index in [1.807, 2.05) is 12.1 Å². The molecule has 0 aliphatic carbocycles. The minimum atomic E-state index is 0.541. The van der Waals surface area contributed by atoms with Gasteiger partial charge in [0.2, 0.25) is 0 Å². The number of rotatable bonds is 6. The van der Waals surface area contributed by atoms with Crippen molar-refractivity contribution in [1.82, 2.24) is 0 Å². The summed E-state index contributed by atoms with van der Waals surface area (Å²) in [5.41, 5.74) is 1.29. The van der Waals surface area contributed by atoms with Crippen molar-refractivity contribution < 1.29 is 4.74 Å². The van der Waals surface area contributed by atoms with Gasteiger partial charge in [0.25, 0.3) is 0 Å². The van der Waals surface area contributed by atoms with Crippen molar-refractivity contribution in [2.24, 2.45) is 5.92 Å². The van der Waals surface area contributed by atoms with Gasteiger partial charge in [-0.3, -0.25) is 0 Å². The molecule has 2 heteroatoms. The van der Waals surface area contributed by atoms with Gasteiger partial charge in [0.05, 0.1) is 7.11 Å². The van der Waals surface area contributed by atoms with Crippen molar-refractivity contribution >= 4 is 15.9 Å². The number of halogens is 1. The van der Waals surface area contributed by atoms with Gasteiger partial charge in [-0.25, -0.2) is 0 Å². The van der Waals surface area contributed by atoms with Gasteiger partial charge in [0, 0.05) is 4.83 Å². The maximum atomic E-state index is 5.36. The highest BCUT2D eigenvalue weighted by Gasteiger charge is 2.12. The lowest BCUT2D eigenvalue weighted by Gasteiger charge is -2.16. The smallest absolute Gasteiger partial charge is 0.122 e. The van der Waals surface area contributed by atoms with Crippen molar-refractivity contribution in [3.8, 4) is 5.75 Å². The molecule has 0 bridgehead atoms. The van der Waals surface area contributed by atoms with E-state index in [2.05, 4.69) is 41.9 Å². The predicted molar refractivity (Wildman–Crippen MR) is 73.5 cm³/mol. The Kier molecular flexibility index (Phi) is 5.89. The predicted octanol–water partition coefficient (Wildman–Crippen LogP) is 4.44. The summed E-state index contributed by atoms with van der Waals surface area (Å²) in [6.07, 6.45) is 3.50. The molecule has 1 nitrogen and oxygen atoms in total. The van der Waals surface area contributed by atoms with Gasteiger partial charge in [-0.15, -0.1) is 0 Å². The summed E-state index contributed by atoms with van der Waals surface area (Å²) >= 11 is 3.76. The Morgan fingerprint density at radius 3 is 2.62 bits per heavy atom. The van der Waals surface area contributed by atoms with Crippen LogP contribution in [-0.2, 0) is 6.42 Å². The van der Waals surface area contributed by atoms with E-state index in [1.54, 1.807) is 7.11 Å². The monoisotopic (exact) mass is 284 g/mol. The third-order valence-corrected chi connectivity index (χ3v) is 3.69. The van der Waals surface area contributed by atoms with E-state index in [0.717, 1.165) is 18.1 Å². The summed E-state index contributed by atoms with van der Waals surface area (Å²) in [5, 5.41) is 0. The number of methoxy groups -OCH3 is 1. The number of para-hydroxylation sites is 1. The van der Waals surface area contributed by atoms with Crippen LogP contribution < -0.4 is 4.74 Å². The van der Waals surface area contributed by atoms with Crippen molar-refractivity contribution in [2.45, 2.75) is 37.9 Å². The van der Waals surface area contributed by atoms with Gasteiger partial charge in [-0.1, -0.05) is 54.4 Å². The van der Waals surface area contributed by atoms with Crippen LogP contribution in [0.2, 0.25) is 0 Å². The summed E-state index contributed by atoms with van der Waals surface area (Å²) in [4.78, 5) is 0.541. The van der Waals surface area contributed by atoms with Crippen LogP contribution in [0.5, 0.6) is 5.75 Å². The molecule has 0 aromatic heterocycles. The molecule has 0 aliphatic rings. The minimum absolute atomic E-state index is 0.541. The van der Waals surface area contributed by atoms with Crippen molar-refractivity contribution in [3.63, 3.8) is 0 Å². The van der Waals surface area contributed by atoms with Crippen LogP contribution in [-0.4, -0.2) is 11.9 Å². The minimum Gasteiger partial charge on any atom is -0.496 e. The van der Waals surface area contributed by atoms with E-state index in [1.165, 1.54) is 18.4 Å². The molecular formula is C14H21BrO. The summed E-state index contributed by atoms with van der Waals surface area (Å²) in [5.74, 6) is 1.77. The van der Waals surface area contributed by atoms with Crippen LogP contribution in [0, 0.1) is 5.92 Å². The SMILES string of the molecule is CCC(C)CC(Br)Cc1ccccc1OC. The Bertz CT molecular complexity index is 311. The molecule has 0 spiro atoms. The van der Waals surface area contributed by atoms with E-state index in [0.29, 0.717) is 4.83 Å². The molecule has 0 saturated carbocycles. The lowest BCUT2D eigenvalue weighted by molar-refractivity contribution is 0.408. The summed E-state index contributed by atoms with van der Waals surface area (Å²) < 4.78 is 5.36. The molecule has 0 aliphatic heterocycles. The number of ether oxygens (including phenoxy) is 1. The molecule has 2 unspecified atom stereocenters. The Hall–Kier alpha value is -0.500. The fourth-order valence-electron chi connectivity index (χ4n) is 1.80. The molecule has 1 aromatic carbocycles. The topological polar surface area (TPSA) is 9.23 Å². The lowest BCUT2D eigenvalue weighted by Crippen LogP contribution is -2.08. The van der Waals surface area contributed by atoms with E-state index in [9.17, 15) is 0 Å². The van der Waals surface area contributed by atoms with E-state index < -0.39 is 0 Å². The van der Waals surface area contributed by atoms with Gasteiger partial charge >= 0.3 is 0 Å². The standard InChI is InChI=1S/C14H21BrO/c1-4-11(2)9-13(15)10-12-7-5-6-8-14(12)16-3/h5-8,11,13H,4,9-10H2,1-3H3. The van der Waals surface area contributed by atoms with Gasteiger partial charge in [-0.2, -0.15) is 0 Å². The average molecular weight is 285 g/mol. The van der Waals surface area contributed by atoms with Crippen LogP contribution in [0.25, 0.3) is 0 Å². The van der Waals surface area contributed by atoms with Crippen LogP contribution in [0.3, 0.4) is 0 Å². The highest BCUT2D eigenvalue weighted by Crippen LogP contribution is 2.25. The Morgan fingerprint density at radius 2 is 2.00 bits per heavy atom. The zero-order chi connectivity index (χ0) is 12.0. The van der Waals surface area contributed by atoms with E-state index in [-0.39, 0.29) is 0 Å². The first-order valence-electron chi connectivity index (χ1n) is 5.93. The first-order valence-corrected chi connectivity index (χ1v) is 6.84. The average Bonchev–Trinajstić information content (AvgIpc) is 2.29. The molecule has 16 heavy (non-hydrogen) atoms. The second kappa shape index (κ2) is 6.95. The Morgan fingerprint density at radius 1 is 1.31 bits per heavy atom. The maximum Gasteiger partial charge on any atom is 0.122 e. The molecule has 1 rings (SSSR count). The molecule has 2 atom stereocenters. The quantitative estimate of drug-likeness (QED) is 0.702. The molecular weight excluding hydrogens is 264 g/mol. The van der Waals surface area contributed by atoms with Crippen LogP contribution >= 0.6 is 15.9 Å². The molecule has 0 fully saturated rings. The van der Waals surface area contributed by atoms with Crippen LogP contribution in [0.4, 0.5) is 0 Å². The first-order chi connectivity index (χ1) is 7.67. The fraction of sp³-hybridized carbons (Fsp3) is 0.571. The summed E-state index contributed by atoms with van der Waals surface area (Å²) in [7, 11) is 1.73. The Balaban J connectivity index is 2.58. The summed E-state index contributed by atoms with van der Waals surface area (Å²) in [6.45, 7) is 4.55. The molecule has 1 aromatic rings. The van der Waals surface area contributed by atoms with Gasteiger partial charge in [0.1, 0.15) is 5.75 Å². The maximum absolute atomic E-state index is 5.36. The van der Waals surface area contributed by atoms with Crippen LogP contribution in [0.1, 0.15) is 32.3 Å². The van der Waals surface area contributed by atoms with Gasteiger partial charge in [-0.05, 0) is 30.4 Å². The van der Waals surface area contributed by atoms with E-state index >= 15 is 0 Å². The molecule has 0 amide bonds.